The molecule has 1 aromatic carbocycles. The molecule has 0 spiro atoms. The molecule has 7 heteroatoms. The van der Waals surface area contributed by atoms with Gasteiger partial charge in [0.05, 0.1) is 30.3 Å². The van der Waals surface area contributed by atoms with Gasteiger partial charge >= 0.3 is 0 Å². The van der Waals surface area contributed by atoms with Crippen molar-refractivity contribution in [1.29, 1.82) is 10.5 Å². The van der Waals surface area contributed by atoms with E-state index in [9.17, 15) is 4.39 Å². The Kier molecular flexibility index (Phi) is 3.80. The molecular formula is C15H14FN5O. The van der Waals surface area contributed by atoms with Crippen LogP contribution in [0.3, 0.4) is 0 Å². The number of hydrazone groups is 1. The van der Waals surface area contributed by atoms with Gasteiger partial charge in [-0.25, -0.2) is 4.39 Å². The van der Waals surface area contributed by atoms with Crippen molar-refractivity contribution in [2.45, 2.75) is 18.5 Å². The maximum atomic E-state index is 12.9. The second kappa shape index (κ2) is 5.90. The molecule has 22 heavy (non-hydrogen) atoms. The fourth-order valence-corrected chi connectivity index (χ4v) is 2.73. The summed E-state index contributed by atoms with van der Waals surface area (Å²) in [5.74, 6) is 0.448. The van der Waals surface area contributed by atoms with Crippen LogP contribution in [0, 0.1) is 22.8 Å². The first-order valence-electron chi connectivity index (χ1n) is 6.96. The predicted molar refractivity (Wildman–Crippen MR) is 76.0 cm³/mol. The van der Waals surface area contributed by atoms with Gasteiger partial charge in [0.25, 0.3) is 0 Å². The van der Waals surface area contributed by atoms with Crippen molar-refractivity contribution in [3.05, 3.63) is 35.4 Å². The Morgan fingerprint density at radius 2 is 2.27 bits per heavy atom. The van der Waals surface area contributed by atoms with Crippen molar-refractivity contribution in [3.8, 4) is 12.3 Å². The molecule has 1 aromatic rings. The SMILES string of the molecule is N#Cc1cccc(C2=NN([C@@H]3C[C@@H](CF)N(C#N)C3)CO2)c1. The van der Waals surface area contributed by atoms with Crippen LogP contribution in [0.15, 0.2) is 29.4 Å². The first-order valence-corrected chi connectivity index (χ1v) is 6.96. The number of benzene rings is 1. The normalized spacial score (nSPS) is 23.7. The molecule has 0 N–H and O–H groups in total. The van der Waals surface area contributed by atoms with Crippen LogP contribution in [0.2, 0.25) is 0 Å². The lowest BCUT2D eigenvalue weighted by Crippen LogP contribution is -2.31. The minimum Gasteiger partial charge on any atom is -0.453 e. The van der Waals surface area contributed by atoms with E-state index >= 15 is 0 Å². The maximum Gasteiger partial charge on any atom is 0.240 e. The van der Waals surface area contributed by atoms with Crippen molar-refractivity contribution >= 4 is 5.90 Å². The van der Waals surface area contributed by atoms with E-state index in [1.165, 1.54) is 4.90 Å². The third-order valence-electron chi connectivity index (χ3n) is 3.91. The lowest BCUT2D eigenvalue weighted by Gasteiger charge is -2.18. The summed E-state index contributed by atoms with van der Waals surface area (Å²) >= 11 is 0. The van der Waals surface area contributed by atoms with E-state index < -0.39 is 6.67 Å². The lowest BCUT2D eigenvalue weighted by atomic mass is 10.1. The molecule has 0 unspecified atom stereocenters. The maximum absolute atomic E-state index is 12.9. The number of ether oxygens (including phenoxy) is 1. The summed E-state index contributed by atoms with van der Waals surface area (Å²) in [5, 5.41) is 24.1. The molecule has 0 aliphatic carbocycles. The van der Waals surface area contributed by atoms with Gasteiger partial charge in [0.2, 0.25) is 5.90 Å². The first-order chi connectivity index (χ1) is 10.7. The van der Waals surface area contributed by atoms with Gasteiger partial charge in [-0.3, -0.25) is 5.01 Å². The number of halogens is 1. The second-order valence-electron chi connectivity index (χ2n) is 5.26. The topological polar surface area (TPSA) is 75.7 Å². The van der Waals surface area contributed by atoms with Crippen LogP contribution >= 0.6 is 0 Å². The van der Waals surface area contributed by atoms with Crippen molar-refractivity contribution in [2.75, 3.05) is 20.0 Å². The third-order valence-corrected chi connectivity index (χ3v) is 3.91. The standard InChI is InChI=1S/C15H14FN5O/c16-6-13-5-14(8-20(13)9-18)21-10-22-15(19-21)12-3-1-2-11(4-12)7-17/h1-4,13-14H,5-6,8,10H2/t13-,14+/m0/s1. The number of likely N-dealkylation sites (tertiary alicyclic amines) is 1. The van der Waals surface area contributed by atoms with Crippen molar-refractivity contribution in [1.82, 2.24) is 9.91 Å². The smallest absolute Gasteiger partial charge is 0.240 e. The molecule has 2 aliphatic heterocycles. The molecule has 0 radical (unpaired) electrons. The summed E-state index contributed by atoms with van der Waals surface area (Å²) in [7, 11) is 0. The summed E-state index contributed by atoms with van der Waals surface area (Å²) in [5.41, 5.74) is 1.27. The molecule has 1 saturated heterocycles. The first kappa shape index (κ1) is 14.2. The van der Waals surface area contributed by atoms with Crippen LogP contribution in [0.1, 0.15) is 17.5 Å². The van der Waals surface area contributed by atoms with Crippen LogP contribution in [-0.4, -0.2) is 47.8 Å². The van der Waals surface area contributed by atoms with E-state index in [2.05, 4.69) is 11.2 Å². The number of nitriles is 2. The molecular weight excluding hydrogens is 285 g/mol. The zero-order valence-corrected chi connectivity index (χ0v) is 11.8. The van der Waals surface area contributed by atoms with E-state index in [1.807, 2.05) is 12.3 Å². The lowest BCUT2D eigenvalue weighted by molar-refractivity contribution is 0.126. The average Bonchev–Trinajstić information content (AvgIpc) is 3.21. The Morgan fingerprint density at radius 1 is 1.41 bits per heavy atom. The van der Waals surface area contributed by atoms with Crippen molar-refractivity contribution in [3.63, 3.8) is 0 Å². The minimum atomic E-state index is -0.542. The predicted octanol–water partition coefficient (Wildman–Crippen LogP) is 1.40. The van der Waals surface area contributed by atoms with E-state index in [0.717, 1.165) is 5.56 Å². The van der Waals surface area contributed by atoms with Crippen molar-refractivity contribution in [2.24, 2.45) is 5.10 Å². The van der Waals surface area contributed by atoms with Gasteiger partial charge in [-0.05, 0) is 24.6 Å². The van der Waals surface area contributed by atoms with E-state index in [1.54, 1.807) is 23.2 Å². The fraction of sp³-hybridized carbons (Fsp3) is 0.400. The molecule has 0 aromatic heterocycles. The largest absolute Gasteiger partial charge is 0.453 e. The Balaban J connectivity index is 1.75. The fourth-order valence-electron chi connectivity index (χ4n) is 2.73. The van der Waals surface area contributed by atoms with Gasteiger partial charge in [0.1, 0.15) is 6.67 Å². The van der Waals surface area contributed by atoms with Gasteiger partial charge < -0.3 is 9.64 Å². The van der Waals surface area contributed by atoms with Crippen LogP contribution in [0.4, 0.5) is 4.39 Å². The molecule has 6 nitrogen and oxygen atoms in total. The quantitative estimate of drug-likeness (QED) is 0.789. The van der Waals surface area contributed by atoms with Crippen molar-refractivity contribution < 1.29 is 9.13 Å². The molecule has 112 valence electrons. The van der Waals surface area contributed by atoms with E-state index in [-0.39, 0.29) is 18.8 Å². The Hall–Kier alpha value is -2.80. The number of hydrogen-bond donors (Lipinski definition) is 0. The minimum absolute atomic E-state index is 0.0444. The molecule has 2 heterocycles. The number of hydrogen-bond acceptors (Lipinski definition) is 6. The zero-order valence-electron chi connectivity index (χ0n) is 11.8. The van der Waals surface area contributed by atoms with Crippen LogP contribution in [0.25, 0.3) is 0 Å². The van der Waals surface area contributed by atoms with Gasteiger partial charge in [0, 0.05) is 5.56 Å². The monoisotopic (exact) mass is 299 g/mol. The molecule has 0 bridgehead atoms. The number of alkyl halides is 1. The van der Waals surface area contributed by atoms with Gasteiger partial charge in [-0.1, -0.05) is 6.07 Å². The van der Waals surface area contributed by atoms with E-state index in [0.29, 0.717) is 24.4 Å². The number of nitrogens with zero attached hydrogens (tertiary/aromatic N) is 5. The van der Waals surface area contributed by atoms with Gasteiger partial charge in [-0.2, -0.15) is 10.5 Å². The van der Waals surface area contributed by atoms with E-state index in [4.69, 9.17) is 15.3 Å². The highest BCUT2D eigenvalue weighted by Gasteiger charge is 2.37. The molecule has 3 rings (SSSR count). The molecule has 0 saturated carbocycles. The second-order valence-corrected chi connectivity index (χ2v) is 5.26. The van der Waals surface area contributed by atoms with Crippen LogP contribution in [0.5, 0.6) is 0 Å². The highest BCUT2D eigenvalue weighted by Crippen LogP contribution is 2.25. The zero-order chi connectivity index (χ0) is 15.5. The number of rotatable bonds is 3. The molecule has 2 aliphatic rings. The highest BCUT2D eigenvalue weighted by atomic mass is 19.1. The molecule has 0 amide bonds. The van der Waals surface area contributed by atoms with Gasteiger partial charge in [-0.15, -0.1) is 5.10 Å². The Labute approximate surface area is 127 Å². The third kappa shape index (κ3) is 2.53. The summed E-state index contributed by atoms with van der Waals surface area (Å²) in [6, 6.07) is 8.67. The Bertz CT molecular complexity index is 677. The average molecular weight is 299 g/mol. The molecule has 2 atom stereocenters. The summed E-state index contributed by atoms with van der Waals surface area (Å²) in [6.45, 7) is 0.179. The summed E-state index contributed by atoms with van der Waals surface area (Å²) in [4.78, 5) is 1.45. The van der Waals surface area contributed by atoms with Crippen LogP contribution < -0.4 is 0 Å². The van der Waals surface area contributed by atoms with Crippen LogP contribution in [-0.2, 0) is 4.74 Å². The summed E-state index contributed by atoms with van der Waals surface area (Å²) in [6.07, 6.45) is 2.56. The molecule has 1 fully saturated rings. The Morgan fingerprint density at radius 3 is 2.95 bits per heavy atom. The van der Waals surface area contributed by atoms with Gasteiger partial charge in [0.15, 0.2) is 12.9 Å². The summed E-state index contributed by atoms with van der Waals surface area (Å²) < 4.78 is 18.5. The highest BCUT2D eigenvalue weighted by molar-refractivity contribution is 5.94.